The van der Waals surface area contributed by atoms with E-state index in [0.29, 0.717) is 0 Å². The van der Waals surface area contributed by atoms with E-state index in [1.165, 1.54) is 5.56 Å². The molecule has 2 heterocycles. The maximum atomic E-state index is 10.6. The fraction of sp³-hybridized carbons (Fsp3) is 0.455. The minimum Gasteiger partial charge on any atom is -0.303 e. The standard InChI is InChI=1S/C11H14N2O/c14-9-11-3-5-13(8-11)7-10-2-1-4-12-6-10/h1-2,4,6,9,11H,3,5,7-8H2/t11-/m1/s1. The molecule has 0 spiro atoms. The molecule has 1 saturated heterocycles. The monoisotopic (exact) mass is 190 g/mol. The average molecular weight is 190 g/mol. The van der Waals surface area contributed by atoms with Crippen molar-refractivity contribution in [2.75, 3.05) is 13.1 Å². The highest BCUT2D eigenvalue weighted by Crippen LogP contribution is 2.16. The molecule has 0 radical (unpaired) electrons. The molecule has 0 amide bonds. The lowest BCUT2D eigenvalue weighted by Gasteiger charge is -2.14. The first kappa shape index (κ1) is 9.34. The van der Waals surface area contributed by atoms with E-state index in [1.54, 1.807) is 6.20 Å². The van der Waals surface area contributed by atoms with Gasteiger partial charge in [-0.25, -0.2) is 0 Å². The van der Waals surface area contributed by atoms with Crippen LogP contribution in [0.1, 0.15) is 12.0 Å². The van der Waals surface area contributed by atoms with E-state index in [1.807, 2.05) is 12.3 Å². The number of hydrogen-bond donors (Lipinski definition) is 0. The number of aldehydes is 1. The predicted molar refractivity (Wildman–Crippen MR) is 53.7 cm³/mol. The molecular formula is C11H14N2O. The van der Waals surface area contributed by atoms with Crippen LogP contribution in [0.25, 0.3) is 0 Å². The second-order valence-electron chi connectivity index (χ2n) is 3.78. The maximum absolute atomic E-state index is 10.6. The Labute approximate surface area is 83.8 Å². The van der Waals surface area contributed by atoms with E-state index in [-0.39, 0.29) is 5.92 Å². The molecule has 0 aromatic carbocycles. The van der Waals surface area contributed by atoms with Crippen molar-refractivity contribution in [2.45, 2.75) is 13.0 Å². The number of carbonyl (C=O) groups is 1. The molecule has 1 fully saturated rings. The lowest BCUT2D eigenvalue weighted by Crippen LogP contribution is -2.20. The van der Waals surface area contributed by atoms with Crippen molar-refractivity contribution in [2.24, 2.45) is 5.92 Å². The molecule has 14 heavy (non-hydrogen) atoms. The smallest absolute Gasteiger partial charge is 0.124 e. The fourth-order valence-corrected chi connectivity index (χ4v) is 1.87. The van der Waals surface area contributed by atoms with E-state index >= 15 is 0 Å². The maximum Gasteiger partial charge on any atom is 0.124 e. The lowest BCUT2D eigenvalue weighted by molar-refractivity contribution is -0.110. The predicted octanol–water partition coefficient (Wildman–Crippen LogP) is 1.10. The van der Waals surface area contributed by atoms with Crippen molar-refractivity contribution in [1.29, 1.82) is 0 Å². The number of pyridine rings is 1. The molecule has 1 aromatic heterocycles. The summed E-state index contributed by atoms with van der Waals surface area (Å²) >= 11 is 0. The summed E-state index contributed by atoms with van der Waals surface area (Å²) in [6.45, 7) is 2.84. The van der Waals surface area contributed by atoms with Gasteiger partial charge in [0.2, 0.25) is 0 Å². The van der Waals surface area contributed by atoms with Gasteiger partial charge < -0.3 is 4.79 Å². The third-order valence-corrected chi connectivity index (χ3v) is 2.63. The zero-order valence-electron chi connectivity index (χ0n) is 8.10. The van der Waals surface area contributed by atoms with Crippen molar-refractivity contribution >= 4 is 6.29 Å². The number of likely N-dealkylation sites (tertiary alicyclic amines) is 1. The van der Waals surface area contributed by atoms with Gasteiger partial charge in [0.25, 0.3) is 0 Å². The molecule has 74 valence electrons. The first-order valence-electron chi connectivity index (χ1n) is 4.95. The van der Waals surface area contributed by atoms with Crippen molar-refractivity contribution in [3.63, 3.8) is 0 Å². The van der Waals surface area contributed by atoms with Gasteiger partial charge in [-0.3, -0.25) is 9.88 Å². The Kier molecular flexibility index (Phi) is 2.89. The summed E-state index contributed by atoms with van der Waals surface area (Å²) in [5.41, 5.74) is 1.22. The third kappa shape index (κ3) is 2.17. The molecule has 3 heteroatoms. The van der Waals surface area contributed by atoms with Crippen LogP contribution in [0.4, 0.5) is 0 Å². The van der Waals surface area contributed by atoms with Crippen molar-refractivity contribution in [1.82, 2.24) is 9.88 Å². The number of rotatable bonds is 3. The minimum absolute atomic E-state index is 0.242. The fourth-order valence-electron chi connectivity index (χ4n) is 1.87. The van der Waals surface area contributed by atoms with Crippen LogP contribution in [0.3, 0.4) is 0 Å². The Morgan fingerprint density at radius 2 is 2.57 bits per heavy atom. The van der Waals surface area contributed by atoms with E-state index < -0.39 is 0 Å². The first-order valence-corrected chi connectivity index (χ1v) is 4.95. The molecule has 3 nitrogen and oxygen atoms in total. The average Bonchev–Trinajstić information content (AvgIpc) is 2.67. The summed E-state index contributed by atoms with van der Waals surface area (Å²) in [5, 5.41) is 0. The normalized spacial score (nSPS) is 22.4. The Morgan fingerprint density at radius 1 is 1.64 bits per heavy atom. The van der Waals surface area contributed by atoms with Crippen LogP contribution in [0, 0.1) is 5.92 Å². The summed E-state index contributed by atoms with van der Waals surface area (Å²) in [6.07, 6.45) is 5.74. The summed E-state index contributed by atoms with van der Waals surface area (Å²) in [4.78, 5) is 16.9. The van der Waals surface area contributed by atoms with Gasteiger partial charge >= 0.3 is 0 Å². The van der Waals surface area contributed by atoms with Crippen LogP contribution < -0.4 is 0 Å². The highest BCUT2D eigenvalue weighted by Gasteiger charge is 2.21. The van der Waals surface area contributed by atoms with Crippen molar-refractivity contribution in [3.05, 3.63) is 30.1 Å². The lowest BCUT2D eigenvalue weighted by atomic mass is 10.1. The highest BCUT2D eigenvalue weighted by atomic mass is 16.1. The zero-order valence-corrected chi connectivity index (χ0v) is 8.10. The first-order chi connectivity index (χ1) is 6.88. The largest absolute Gasteiger partial charge is 0.303 e. The van der Waals surface area contributed by atoms with Gasteiger partial charge in [0.15, 0.2) is 0 Å². The number of aromatic nitrogens is 1. The van der Waals surface area contributed by atoms with E-state index in [9.17, 15) is 4.79 Å². The van der Waals surface area contributed by atoms with Crippen molar-refractivity contribution < 1.29 is 4.79 Å². The summed E-state index contributed by atoms with van der Waals surface area (Å²) in [6, 6.07) is 4.02. The van der Waals surface area contributed by atoms with Crippen LogP contribution >= 0.6 is 0 Å². The number of nitrogens with zero attached hydrogens (tertiary/aromatic N) is 2. The molecule has 1 aromatic rings. The molecule has 2 rings (SSSR count). The Balaban J connectivity index is 1.90. The summed E-state index contributed by atoms with van der Waals surface area (Å²) in [5.74, 6) is 0.242. The second-order valence-corrected chi connectivity index (χ2v) is 3.78. The molecule has 1 atom stereocenters. The van der Waals surface area contributed by atoms with Gasteiger partial charge in [-0.1, -0.05) is 6.07 Å². The zero-order chi connectivity index (χ0) is 9.80. The summed E-state index contributed by atoms with van der Waals surface area (Å²) < 4.78 is 0. The van der Waals surface area contributed by atoms with Gasteiger partial charge in [0.1, 0.15) is 6.29 Å². The van der Waals surface area contributed by atoms with Gasteiger partial charge in [0.05, 0.1) is 0 Å². The molecule has 0 N–H and O–H groups in total. The van der Waals surface area contributed by atoms with E-state index in [2.05, 4.69) is 16.0 Å². The van der Waals surface area contributed by atoms with Crippen molar-refractivity contribution in [3.8, 4) is 0 Å². The third-order valence-electron chi connectivity index (χ3n) is 2.63. The molecule has 0 unspecified atom stereocenters. The SMILES string of the molecule is O=C[C@@H]1CCN(Cc2cccnc2)C1. The van der Waals surface area contributed by atoms with Crippen LogP contribution in [-0.4, -0.2) is 29.3 Å². The van der Waals surface area contributed by atoms with Crippen LogP contribution in [0.5, 0.6) is 0 Å². The van der Waals surface area contributed by atoms with Crippen LogP contribution in [0.15, 0.2) is 24.5 Å². The molecule has 1 aliphatic rings. The van der Waals surface area contributed by atoms with Crippen LogP contribution in [0.2, 0.25) is 0 Å². The van der Waals surface area contributed by atoms with Gasteiger partial charge in [0, 0.05) is 31.4 Å². The van der Waals surface area contributed by atoms with Gasteiger partial charge in [-0.15, -0.1) is 0 Å². The van der Waals surface area contributed by atoms with Gasteiger partial charge in [-0.05, 0) is 24.6 Å². The summed E-state index contributed by atoms with van der Waals surface area (Å²) in [7, 11) is 0. The van der Waals surface area contributed by atoms with E-state index in [0.717, 1.165) is 32.3 Å². The Bertz CT molecular complexity index is 299. The number of hydrogen-bond acceptors (Lipinski definition) is 3. The Morgan fingerprint density at radius 3 is 3.21 bits per heavy atom. The quantitative estimate of drug-likeness (QED) is 0.669. The minimum atomic E-state index is 0.242. The molecular weight excluding hydrogens is 176 g/mol. The second kappa shape index (κ2) is 4.33. The van der Waals surface area contributed by atoms with E-state index in [4.69, 9.17) is 0 Å². The number of carbonyl (C=O) groups excluding carboxylic acids is 1. The topological polar surface area (TPSA) is 33.2 Å². The molecule has 0 aliphatic carbocycles. The van der Waals surface area contributed by atoms with Gasteiger partial charge in [-0.2, -0.15) is 0 Å². The Hall–Kier alpha value is -1.22. The molecule has 1 aliphatic heterocycles. The van der Waals surface area contributed by atoms with Crippen LogP contribution in [-0.2, 0) is 11.3 Å². The molecule has 0 saturated carbocycles. The molecule has 0 bridgehead atoms. The highest BCUT2D eigenvalue weighted by molar-refractivity contribution is 5.54.